The van der Waals surface area contributed by atoms with Crippen LogP contribution in [0.2, 0.25) is 0 Å². The maximum Gasteiger partial charge on any atom is 0.231 e. The van der Waals surface area contributed by atoms with Gasteiger partial charge in [0.05, 0.1) is 5.69 Å². The second kappa shape index (κ2) is 5.29. The van der Waals surface area contributed by atoms with Crippen molar-refractivity contribution in [1.82, 2.24) is 10.2 Å². The van der Waals surface area contributed by atoms with Crippen molar-refractivity contribution in [2.45, 2.75) is 20.4 Å². The van der Waals surface area contributed by atoms with Gasteiger partial charge in [-0.05, 0) is 25.5 Å². The van der Waals surface area contributed by atoms with Crippen LogP contribution in [-0.2, 0) is 6.54 Å². The minimum atomic E-state index is 0.235. The predicted octanol–water partition coefficient (Wildman–Crippen LogP) is 2.31. The molecular formula is C15H14N4O2. The predicted molar refractivity (Wildman–Crippen MR) is 76.1 cm³/mol. The van der Waals surface area contributed by atoms with E-state index in [1.54, 1.807) is 0 Å². The zero-order chi connectivity index (χ0) is 14.8. The van der Waals surface area contributed by atoms with E-state index >= 15 is 0 Å². The molecule has 106 valence electrons. The lowest BCUT2D eigenvalue weighted by Crippen LogP contribution is -2.08. The van der Waals surface area contributed by atoms with Crippen molar-refractivity contribution in [1.29, 1.82) is 5.26 Å². The third-order valence-corrected chi connectivity index (χ3v) is 3.49. The maximum absolute atomic E-state index is 9.27. The maximum atomic E-state index is 9.27. The van der Waals surface area contributed by atoms with Gasteiger partial charge in [0.25, 0.3) is 0 Å². The summed E-state index contributed by atoms with van der Waals surface area (Å²) in [6.45, 7) is 4.42. The minimum Gasteiger partial charge on any atom is -0.454 e. The molecule has 2 heterocycles. The Morgan fingerprint density at radius 3 is 2.95 bits per heavy atom. The summed E-state index contributed by atoms with van der Waals surface area (Å²) in [6, 6.07) is 7.89. The molecule has 2 aromatic rings. The summed E-state index contributed by atoms with van der Waals surface area (Å²) >= 11 is 0. The molecule has 0 bridgehead atoms. The van der Waals surface area contributed by atoms with Crippen LogP contribution in [0.3, 0.4) is 0 Å². The van der Waals surface area contributed by atoms with E-state index in [4.69, 9.17) is 9.47 Å². The third-order valence-electron chi connectivity index (χ3n) is 3.49. The van der Waals surface area contributed by atoms with Gasteiger partial charge in [-0.25, -0.2) is 0 Å². The van der Waals surface area contributed by atoms with Crippen molar-refractivity contribution in [3.8, 4) is 17.6 Å². The normalized spacial score (nSPS) is 12.0. The highest BCUT2D eigenvalue weighted by Crippen LogP contribution is 2.35. The number of rotatable bonds is 3. The van der Waals surface area contributed by atoms with Crippen LogP contribution in [0.1, 0.15) is 22.4 Å². The molecule has 1 aliphatic rings. The smallest absolute Gasteiger partial charge is 0.231 e. The number of aromatic nitrogens is 2. The van der Waals surface area contributed by atoms with Crippen molar-refractivity contribution in [2.24, 2.45) is 0 Å². The monoisotopic (exact) mass is 282 g/mol. The Kier molecular flexibility index (Phi) is 3.32. The van der Waals surface area contributed by atoms with Gasteiger partial charge < -0.3 is 14.8 Å². The summed E-state index contributed by atoms with van der Waals surface area (Å²) in [5, 5.41) is 20.5. The largest absolute Gasteiger partial charge is 0.454 e. The standard InChI is InChI=1S/C15H14N4O2/c1-9-10(2)18-19-15(12(9)6-16)17-7-11-4-3-5-13-14(11)21-8-20-13/h3-5H,7-8H2,1-2H3,(H,17,19). The van der Waals surface area contributed by atoms with Gasteiger partial charge >= 0.3 is 0 Å². The molecule has 21 heavy (non-hydrogen) atoms. The van der Waals surface area contributed by atoms with Gasteiger partial charge in [0.1, 0.15) is 11.6 Å². The number of nitriles is 1. The summed E-state index contributed by atoms with van der Waals surface area (Å²) < 4.78 is 10.8. The quantitative estimate of drug-likeness (QED) is 0.930. The molecule has 0 aliphatic carbocycles. The number of aryl methyl sites for hydroxylation is 1. The molecule has 0 saturated heterocycles. The van der Waals surface area contributed by atoms with Crippen LogP contribution in [0.15, 0.2) is 18.2 Å². The van der Waals surface area contributed by atoms with Crippen molar-refractivity contribution in [2.75, 3.05) is 12.1 Å². The van der Waals surface area contributed by atoms with Crippen molar-refractivity contribution < 1.29 is 9.47 Å². The number of nitrogens with one attached hydrogen (secondary N) is 1. The molecule has 3 rings (SSSR count). The fraction of sp³-hybridized carbons (Fsp3) is 0.267. The zero-order valence-corrected chi connectivity index (χ0v) is 11.8. The van der Waals surface area contributed by atoms with Crippen molar-refractivity contribution in [3.05, 3.63) is 40.6 Å². The molecule has 0 saturated carbocycles. The van der Waals surface area contributed by atoms with Gasteiger partial charge in [0.15, 0.2) is 17.3 Å². The Labute approximate surface area is 122 Å². The van der Waals surface area contributed by atoms with Crippen LogP contribution in [0.5, 0.6) is 11.5 Å². The number of para-hydroxylation sites is 1. The van der Waals surface area contributed by atoms with E-state index < -0.39 is 0 Å². The molecule has 6 heteroatoms. The highest BCUT2D eigenvalue weighted by Gasteiger charge is 2.17. The molecule has 0 unspecified atom stereocenters. The summed E-state index contributed by atoms with van der Waals surface area (Å²) in [7, 11) is 0. The van der Waals surface area contributed by atoms with Gasteiger partial charge in [-0.2, -0.15) is 10.4 Å². The molecule has 1 aromatic heterocycles. The topological polar surface area (TPSA) is 80.1 Å². The van der Waals surface area contributed by atoms with Crippen molar-refractivity contribution >= 4 is 5.82 Å². The number of nitrogens with zero attached hydrogens (tertiary/aromatic N) is 3. The van der Waals surface area contributed by atoms with E-state index in [9.17, 15) is 5.26 Å². The second-order valence-corrected chi connectivity index (χ2v) is 4.75. The molecule has 0 fully saturated rings. The number of benzene rings is 1. The SMILES string of the molecule is Cc1nnc(NCc2cccc3c2OCO3)c(C#N)c1C. The van der Waals surface area contributed by atoms with E-state index in [0.29, 0.717) is 17.9 Å². The van der Waals surface area contributed by atoms with E-state index in [2.05, 4.69) is 21.6 Å². The van der Waals surface area contributed by atoms with Gasteiger partial charge in [0, 0.05) is 12.1 Å². The first-order valence-corrected chi connectivity index (χ1v) is 6.56. The lowest BCUT2D eigenvalue weighted by Gasteiger charge is -2.10. The van der Waals surface area contributed by atoms with Crippen LogP contribution >= 0.6 is 0 Å². The third kappa shape index (κ3) is 2.34. The Morgan fingerprint density at radius 1 is 1.29 bits per heavy atom. The number of anilines is 1. The molecule has 1 N–H and O–H groups in total. The Bertz CT molecular complexity index is 737. The van der Waals surface area contributed by atoms with E-state index in [1.165, 1.54) is 0 Å². The first-order chi connectivity index (χ1) is 10.2. The van der Waals surface area contributed by atoms with E-state index in [1.807, 2.05) is 32.0 Å². The minimum absolute atomic E-state index is 0.235. The lowest BCUT2D eigenvalue weighted by atomic mass is 10.1. The fourth-order valence-electron chi connectivity index (χ4n) is 2.18. The average molecular weight is 282 g/mol. The van der Waals surface area contributed by atoms with Crippen LogP contribution in [0.4, 0.5) is 5.82 Å². The van der Waals surface area contributed by atoms with Gasteiger partial charge in [-0.1, -0.05) is 12.1 Å². The highest BCUT2D eigenvalue weighted by molar-refractivity contribution is 5.57. The molecule has 0 radical (unpaired) electrons. The summed E-state index contributed by atoms with van der Waals surface area (Å²) in [4.78, 5) is 0. The lowest BCUT2D eigenvalue weighted by molar-refractivity contribution is 0.173. The molecule has 0 spiro atoms. The van der Waals surface area contributed by atoms with Crippen LogP contribution < -0.4 is 14.8 Å². The zero-order valence-electron chi connectivity index (χ0n) is 11.8. The number of hydrogen-bond donors (Lipinski definition) is 1. The number of hydrogen-bond acceptors (Lipinski definition) is 6. The number of ether oxygens (including phenoxy) is 2. The molecule has 1 aromatic carbocycles. The van der Waals surface area contributed by atoms with Gasteiger partial charge in [-0.3, -0.25) is 0 Å². The molecule has 6 nitrogen and oxygen atoms in total. The first kappa shape index (κ1) is 13.2. The fourth-order valence-corrected chi connectivity index (χ4v) is 2.18. The average Bonchev–Trinajstić information content (AvgIpc) is 2.97. The van der Waals surface area contributed by atoms with Gasteiger partial charge in [-0.15, -0.1) is 5.10 Å². The first-order valence-electron chi connectivity index (χ1n) is 6.56. The van der Waals surface area contributed by atoms with Crippen LogP contribution in [-0.4, -0.2) is 17.0 Å². The van der Waals surface area contributed by atoms with E-state index in [0.717, 1.165) is 28.3 Å². The highest BCUT2D eigenvalue weighted by atomic mass is 16.7. The number of fused-ring (bicyclic) bond motifs is 1. The Morgan fingerprint density at radius 2 is 2.14 bits per heavy atom. The summed E-state index contributed by atoms with van der Waals surface area (Å²) in [5.74, 6) is 1.96. The van der Waals surface area contributed by atoms with Crippen molar-refractivity contribution in [3.63, 3.8) is 0 Å². The molecule has 1 aliphatic heterocycles. The summed E-state index contributed by atoms with van der Waals surface area (Å²) in [6.07, 6.45) is 0. The molecule has 0 atom stereocenters. The molecule has 0 amide bonds. The Balaban J connectivity index is 1.85. The van der Waals surface area contributed by atoms with E-state index in [-0.39, 0.29) is 6.79 Å². The van der Waals surface area contributed by atoms with Gasteiger partial charge in [0.2, 0.25) is 6.79 Å². The second-order valence-electron chi connectivity index (χ2n) is 4.75. The Hall–Kier alpha value is -2.81. The molecular weight excluding hydrogens is 268 g/mol. The van der Waals surface area contributed by atoms with Crippen LogP contribution in [0.25, 0.3) is 0 Å². The summed E-state index contributed by atoms with van der Waals surface area (Å²) in [5.41, 5.74) is 3.07. The van der Waals surface area contributed by atoms with Crippen LogP contribution in [0, 0.1) is 25.2 Å².